The molecule has 0 unspecified atom stereocenters. The molecule has 1 aliphatic heterocycles. The first-order valence-electron chi connectivity index (χ1n) is 9.34. The van der Waals surface area contributed by atoms with Gasteiger partial charge in [0.15, 0.2) is 0 Å². The van der Waals surface area contributed by atoms with Crippen LogP contribution in [0.15, 0.2) is 49.2 Å². The number of imidazole rings is 1. The van der Waals surface area contributed by atoms with Crippen molar-refractivity contribution in [2.24, 2.45) is 0 Å². The first kappa shape index (κ1) is 18.4. The Morgan fingerprint density at radius 1 is 1.10 bits per heavy atom. The number of fused-ring (bicyclic) bond motifs is 2. The maximum Gasteiger partial charge on any atom is 0.280 e. The summed E-state index contributed by atoms with van der Waals surface area (Å²) < 4.78 is 47.1. The van der Waals surface area contributed by atoms with E-state index >= 15 is 0 Å². The molecule has 152 valence electrons. The second-order valence-corrected chi connectivity index (χ2v) is 6.87. The van der Waals surface area contributed by atoms with Crippen molar-refractivity contribution in [1.82, 2.24) is 19.4 Å². The van der Waals surface area contributed by atoms with Crippen LogP contribution in [-0.4, -0.2) is 26.0 Å². The fourth-order valence-electron chi connectivity index (χ4n) is 3.64. The fourth-order valence-corrected chi connectivity index (χ4v) is 3.64. The third-order valence-electron chi connectivity index (χ3n) is 5.14. The van der Waals surface area contributed by atoms with Gasteiger partial charge in [-0.1, -0.05) is 6.07 Å². The van der Waals surface area contributed by atoms with E-state index in [2.05, 4.69) is 20.3 Å². The predicted octanol–water partition coefficient (Wildman–Crippen LogP) is 4.42. The zero-order valence-electron chi connectivity index (χ0n) is 15.6. The summed E-state index contributed by atoms with van der Waals surface area (Å²) in [6, 6.07) is 5.92. The Kier molecular flexibility index (Phi) is 4.50. The molecule has 1 N–H and O–H groups in total. The Balaban J connectivity index is 1.46. The monoisotopic (exact) mass is 411 g/mol. The van der Waals surface area contributed by atoms with Gasteiger partial charge in [0.25, 0.3) is 6.43 Å². The lowest BCUT2D eigenvalue weighted by atomic mass is 10.0. The van der Waals surface area contributed by atoms with Gasteiger partial charge in [0, 0.05) is 47.6 Å². The predicted molar refractivity (Wildman–Crippen MR) is 104 cm³/mol. The van der Waals surface area contributed by atoms with Crippen LogP contribution in [0.4, 0.5) is 19.1 Å². The fraction of sp³-hybridized carbons (Fsp3) is 0.190. The third-order valence-corrected chi connectivity index (χ3v) is 5.14. The van der Waals surface area contributed by atoms with E-state index in [-0.39, 0.29) is 18.1 Å². The minimum atomic E-state index is -2.62. The van der Waals surface area contributed by atoms with E-state index in [1.165, 1.54) is 18.3 Å². The van der Waals surface area contributed by atoms with Crippen LogP contribution in [0.25, 0.3) is 16.6 Å². The minimum absolute atomic E-state index is 0.239. The Bertz CT molecular complexity index is 1220. The summed E-state index contributed by atoms with van der Waals surface area (Å²) >= 11 is 0. The molecule has 1 aliphatic rings. The highest BCUT2D eigenvalue weighted by Crippen LogP contribution is 2.31. The second kappa shape index (κ2) is 7.33. The van der Waals surface area contributed by atoms with Crippen molar-refractivity contribution in [3.63, 3.8) is 0 Å². The van der Waals surface area contributed by atoms with Crippen LogP contribution < -0.4 is 10.1 Å². The van der Waals surface area contributed by atoms with Crippen molar-refractivity contribution in [2.75, 3.05) is 11.9 Å². The number of anilines is 1. The molecule has 0 saturated carbocycles. The van der Waals surface area contributed by atoms with Crippen LogP contribution in [0.1, 0.15) is 23.2 Å². The Morgan fingerprint density at radius 2 is 2.00 bits per heavy atom. The Hall–Kier alpha value is -3.62. The van der Waals surface area contributed by atoms with Gasteiger partial charge in [-0.15, -0.1) is 0 Å². The van der Waals surface area contributed by atoms with Crippen LogP contribution in [-0.2, 0) is 13.0 Å². The number of benzene rings is 1. The summed E-state index contributed by atoms with van der Waals surface area (Å²) in [7, 11) is 0. The van der Waals surface area contributed by atoms with E-state index in [9.17, 15) is 13.2 Å². The van der Waals surface area contributed by atoms with Crippen molar-refractivity contribution in [3.05, 3.63) is 71.8 Å². The quantitative estimate of drug-likeness (QED) is 0.527. The standard InChI is InChI=1S/C21H16F3N5O/c22-16-2-4-19-13(5-6-30-19)15(16)9-28-21-27-8-14(18-10-25-11-29(18)21)12-1-3-17(20(23)24)26-7-12/h1-4,7-8,10-11,20H,5-6,9H2,(H,27,28). The summed E-state index contributed by atoms with van der Waals surface area (Å²) in [5.74, 6) is 0.902. The van der Waals surface area contributed by atoms with Gasteiger partial charge >= 0.3 is 0 Å². The van der Waals surface area contributed by atoms with E-state index in [4.69, 9.17) is 4.74 Å². The largest absolute Gasteiger partial charge is 0.493 e. The number of nitrogens with one attached hydrogen (secondary N) is 1. The number of hydrogen-bond acceptors (Lipinski definition) is 5. The van der Waals surface area contributed by atoms with Crippen LogP contribution in [0.5, 0.6) is 5.75 Å². The molecule has 4 heterocycles. The lowest BCUT2D eigenvalue weighted by Gasteiger charge is -2.13. The molecule has 0 amide bonds. The minimum Gasteiger partial charge on any atom is -0.493 e. The zero-order valence-corrected chi connectivity index (χ0v) is 15.6. The molecule has 1 aromatic carbocycles. The summed E-state index contributed by atoms with van der Waals surface area (Å²) in [6.45, 7) is 0.783. The van der Waals surface area contributed by atoms with Crippen molar-refractivity contribution in [2.45, 2.75) is 19.4 Å². The van der Waals surface area contributed by atoms with Crippen LogP contribution in [0.3, 0.4) is 0 Å². The molecular weight excluding hydrogens is 395 g/mol. The van der Waals surface area contributed by atoms with Gasteiger partial charge in [0.05, 0.1) is 18.3 Å². The van der Waals surface area contributed by atoms with Gasteiger partial charge in [-0.3, -0.25) is 9.38 Å². The van der Waals surface area contributed by atoms with Crippen LogP contribution in [0.2, 0.25) is 0 Å². The Morgan fingerprint density at radius 3 is 2.80 bits per heavy atom. The molecular formula is C21H16F3N5O. The van der Waals surface area contributed by atoms with Crippen molar-refractivity contribution < 1.29 is 17.9 Å². The SMILES string of the molecule is Fc1ccc2c(c1CNc1ncc(-c3ccc(C(F)F)nc3)c3cncn13)CCO2. The molecule has 0 bridgehead atoms. The average molecular weight is 411 g/mol. The second-order valence-electron chi connectivity index (χ2n) is 6.87. The summed E-state index contributed by atoms with van der Waals surface area (Å²) in [5, 5.41) is 3.16. The number of aromatic nitrogens is 4. The maximum atomic E-state index is 14.4. The van der Waals surface area contributed by atoms with E-state index in [0.29, 0.717) is 41.4 Å². The number of halogens is 3. The van der Waals surface area contributed by atoms with Gasteiger partial charge in [0.2, 0.25) is 5.95 Å². The number of alkyl halides is 2. The molecule has 0 atom stereocenters. The molecule has 9 heteroatoms. The third kappa shape index (κ3) is 3.12. The zero-order chi connectivity index (χ0) is 20.7. The molecule has 0 spiro atoms. The molecule has 0 radical (unpaired) electrons. The van der Waals surface area contributed by atoms with Gasteiger partial charge in [-0.2, -0.15) is 0 Å². The van der Waals surface area contributed by atoms with E-state index in [1.807, 2.05) is 0 Å². The van der Waals surface area contributed by atoms with E-state index in [1.54, 1.807) is 35.3 Å². The van der Waals surface area contributed by atoms with Crippen LogP contribution in [0, 0.1) is 5.82 Å². The van der Waals surface area contributed by atoms with Gasteiger partial charge in [0.1, 0.15) is 23.6 Å². The normalized spacial score (nSPS) is 12.9. The van der Waals surface area contributed by atoms with Crippen molar-refractivity contribution in [3.8, 4) is 16.9 Å². The molecule has 5 rings (SSSR count). The lowest BCUT2D eigenvalue weighted by molar-refractivity contribution is 0.146. The lowest BCUT2D eigenvalue weighted by Crippen LogP contribution is -2.09. The van der Waals surface area contributed by atoms with Crippen molar-refractivity contribution in [1.29, 1.82) is 0 Å². The average Bonchev–Trinajstić information content (AvgIpc) is 3.43. The van der Waals surface area contributed by atoms with Gasteiger partial charge < -0.3 is 10.1 Å². The van der Waals surface area contributed by atoms with Gasteiger partial charge in [-0.05, 0) is 18.2 Å². The van der Waals surface area contributed by atoms with Gasteiger partial charge in [-0.25, -0.2) is 23.1 Å². The molecule has 0 saturated heterocycles. The number of pyridine rings is 1. The molecule has 4 aromatic rings. The molecule has 30 heavy (non-hydrogen) atoms. The highest BCUT2D eigenvalue weighted by Gasteiger charge is 2.20. The number of hydrogen-bond donors (Lipinski definition) is 1. The van der Waals surface area contributed by atoms with Crippen molar-refractivity contribution >= 4 is 11.5 Å². The summed E-state index contributed by atoms with van der Waals surface area (Å²) in [5.41, 5.74) is 3.21. The highest BCUT2D eigenvalue weighted by atomic mass is 19.3. The smallest absolute Gasteiger partial charge is 0.280 e. The topological polar surface area (TPSA) is 64.3 Å². The first-order chi connectivity index (χ1) is 14.6. The summed E-state index contributed by atoms with van der Waals surface area (Å²) in [4.78, 5) is 12.4. The number of rotatable bonds is 5. The van der Waals surface area contributed by atoms with Crippen LogP contribution >= 0.6 is 0 Å². The van der Waals surface area contributed by atoms with E-state index in [0.717, 1.165) is 11.1 Å². The number of ether oxygens (including phenoxy) is 1. The summed E-state index contributed by atoms with van der Waals surface area (Å²) in [6.07, 6.45) is 4.29. The molecule has 0 aliphatic carbocycles. The van der Waals surface area contributed by atoms with E-state index < -0.39 is 6.43 Å². The highest BCUT2D eigenvalue weighted by molar-refractivity contribution is 5.79. The first-order valence-corrected chi connectivity index (χ1v) is 9.34. The molecule has 0 fully saturated rings. The maximum absolute atomic E-state index is 14.4. The Labute approximate surface area is 169 Å². The molecule has 3 aromatic heterocycles. The molecule has 6 nitrogen and oxygen atoms in total. The number of nitrogens with zero attached hydrogens (tertiary/aromatic N) is 4.